The zero-order valence-corrected chi connectivity index (χ0v) is 27.8. The van der Waals surface area contributed by atoms with E-state index in [4.69, 9.17) is 8.83 Å². The third kappa shape index (κ3) is 4.22. The van der Waals surface area contributed by atoms with Crippen LogP contribution in [0.5, 0.6) is 0 Å². The fourth-order valence-electron chi connectivity index (χ4n) is 8.07. The Kier molecular flexibility index (Phi) is 6.34. The van der Waals surface area contributed by atoms with Crippen molar-refractivity contribution < 1.29 is 8.83 Å². The summed E-state index contributed by atoms with van der Waals surface area (Å²) >= 11 is 0. The molecular formula is C48H32O2. The maximum atomic E-state index is 6.46. The number of para-hydroxylation sites is 1. The van der Waals surface area contributed by atoms with Crippen molar-refractivity contribution in [1.82, 2.24) is 0 Å². The molecule has 0 aliphatic rings. The van der Waals surface area contributed by atoms with Crippen LogP contribution in [0.25, 0.3) is 104 Å². The number of fused-ring (bicyclic) bond motifs is 9. The lowest BCUT2D eigenvalue weighted by atomic mass is 9.83. The van der Waals surface area contributed by atoms with Crippen molar-refractivity contribution in [2.24, 2.45) is 0 Å². The molecule has 0 fully saturated rings. The van der Waals surface area contributed by atoms with Crippen LogP contribution in [0.4, 0.5) is 0 Å². The van der Waals surface area contributed by atoms with Gasteiger partial charge in [-0.1, -0.05) is 127 Å². The molecule has 0 amide bonds. The summed E-state index contributed by atoms with van der Waals surface area (Å²) in [4.78, 5) is 0. The Bertz CT molecular complexity index is 3000. The van der Waals surface area contributed by atoms with Gasteiger partial charge in [-0.15, -0.1) is 0 Å². The number of rotatable bonds is 4. The lowest BCUT2D eigenvalue weighted by Crippen LogP contribution is -1.93. The molecule has 50 heavy (non-hydrogen) atoms. The van der Waals surface area contributed by atoms with Gasteiger partial charge in [0.25, 0.3) is 0 Å². The van der Waals surface area contributed by atoms with Crippen molar-refractivity contribution in [2.45, 2.75) is 13.8 Å². The minimum Gasteiger partial charge on any atom is -0.456 e. The van der Waals surface area contributed by atoms with E-state index < -0.39 is 0 Å². The molecule has 8 aromatic carbocycles. The van der Waals surface area contributed by atoms with E-state index in [0.717, 1.165) is 49.4 Å². The van der Waals surface area contributed by atoms with E-state index in [9.17, 15) is 0 Å². The first-order valence-corrected chi connectivity index (χ1v) is 17.2. The predicted octanol–water partition coefficient (Wildman–Crippen LogP) is 14.3. The molecule has 0 radical (unpaired) electrons. The van der Waals surface area contributed by atoms with Gasteiger partial charge in [0.1, 0.15) is 22.3 Å². The first-order valence-electron chi connectivity index (χ1n) is 17.2. The van der Waals surface area contributed by atoms with Crippen LogP contribution >= 0.6 is 0 Å². The molecular weight excluding hydrogens is 609 g/mol. The normalized spacial score (nSPS) is 12.6. The molecule has 2 nitrogen and oxygen atoms in total. The molecule has 236 valence electrons. The zero-order chi connectivity index (χ0) is 33.3. The molecule has 0 atom stereocenters. The highest BCUT2D eigenvalue weighted by Crippen LogP contribution is 2.47. The Labute approximate surface area is 289 Å². The van der Waals surface area contributed by atoms with Crippen LogP contribution in [0.1, 0.15) is 19.4 Å². The highest BCUT2D eigenvalue weighted by atomic mass is 16.3. The molecule has 2 aromatic heterocycles. The second-order valence-electron chi connectivity index (χ2n) is 13.2. The molecule has 0 aliphatic carbocycles. The first-order chi connectivity index (χ1) is 24.7. The summed E-state index contributed by atoms with van der Waals surface area (Å²) in [6, 6.07) is 50.3. The summed E-state index contributed by atoms with van der Waals surface area (Å²) in [5.74, 6) is 0. The summed E-state index contributed by atoms with van der Waals surface area (Å²) in [5, 5.41) is 11.8. The number of furan rings is 2. The fourth-order valence-corrected chi connectivity index (χ4v) is 8.07. The third-order valence-electron chi connectivity index (χ3n) is 10.3. The zero-order valence-electron chi connectivity index (χ0n) is 27.8. The topological polar surface area (TPSA) is 26.3 Å². The van der Waals surface area contributed by atoms with E-state index in [2.05, 4.69) is 159 Å². The highest BCUT2D eigenvalue weighted by molar-refractivity contribution is 6.24. The average molecular weight is 641 g/mol. The van der Waals surface area contributed by atoms with Gasteiger partial charge in [0.05, 0.1) is 0 Å². The van der Waals surface area contributed by atoms with Crippen molar-refractivity contribution in [1.29, 1.82) is 0 Å². The molecule has 0 spiro atoms. The molecule has 0 saturated heterocycles. The highest BCUT2D eigenvalue weighted by Gasteiger charge is 2.20. The lowest BCUT2D eigenvalue weighted by molar-refractivity contribution is 0.664. The van der Waals surface area contributed by atoms with Crippen molar-refractivity contribution >= 4 is 81.8 Å². The van der Waals surface area contributed by atoms with Crippen molar-refractivity contribution in [2.75, 3.05) is 0 Å². The van der Waals surface area contributed by atoms with Crippen molar-refractivity contribution in [3.63, 3.8) is 0 Å². The summed E-state index contributed by atoms with van der Waals surface area (Å²) in [7, 11) is 0. The van der Waals surface area contributed by atoms with Gasteiger partial charge < -0.3 is 8.83 Å². The Hall–Kier alpha value is -6.38. The van der Waals surface area contributed by atoms with Gasteiger partial charge in [-0.3, -0.25) is 0 Å². The average Bonchev–Trinajstić information content (AvgIpc) is 3.71. The van der Waals surface area contributed by atoms with Gasteiger partial charge in [-0.25, -0.2) is 0 Å². The Balaban J connectivity index is 1.24. The number of hydrogen-bond donors (Lipinski definition) is 0. The standard InChI is InChI=1S/C48H32O2/c1-3-4-13-29(2)31-23-24-39(33-15-6-5-14-32(31)33)48-37-19-9-7-17-35(37)47(36-18-8-10-20-38(36)48)30-22-25-44-40(26-30)42-28-45-41(27-46(42)50-44)34-16-11-12-21-43(34)49-45/h3-28H,1-2H3/b4-3-,29-13+. The minimum atomic E-state index is 0.868. The molecule has 0 saturated carbocycles. The van der Waals surface area contributed by atoms with E-state index in [1.54, 1.807) is 0 Å². The van der Waals surface area contributed by atoms with Crippen LogP contribution in [0, 0.1) is 0 Å². The summed E-state index contributed by atoms with van der Waals surface area (Å²) in [6.45, 7) is 4.25. The van der Waals surface area contributed by atoms with Gasteiger partial charge >= 0.3 is 0 Å². The molecule has 0 bridgehead atoms. The van der Waals surface area contributed by atoms with Crippen LogP contribution in [0.2, 0.25) is 0 Å². The van der Waals surface area contributed by atoms with E-state index >= 15 is 0 Å². The summed E-state index contributed by atoms with van der Waals surface area (Å²) in [6.07, 6.45) is 6.38. The number of allylic oxidation sites excluding steroid dienone is 4. The number of benzene rings is 8. The first kappa shape index (κ1) is 28.6. The van der Waals surface area contributed by atoms with Crippen LogP contribution in [-0.2, 0) is 0 Å². The Morgan fingerprint density at radius 1 is 0.440 bits per heavy atom. The minimum absolute atomic E-state index is 0.868. The van der Waals surface area contributed by atoms with Crippen LogP contribution in [0.15, 0.2) is 167 Å². The second-order valence-corrected chi connectivity index (χ2v) is 13.2. The van der Waals surface area contributed by atoms with Gasteiger partial charge in [0.2, 0.25) is 0 Å². The van der Waals surface area contributed by atoms with Crippen LogP contribution in [-0.4, -0.2) is 0 Å². The Morgan fingerprint density at radius 3 is 1.62 bits per heavy atom. The second kappa shape index (κ2) is 11.1. The van der Waals surface area contributed by atoms with Crippen molar-refractivity contribution in [3.8, 4) is 22.3 Å². The summed E-state index contributed by atoms with van der Waals surface area (Å²) in [5.41, 5.74) is 10.9. The van der Waals surface area contributed by atoms with E-state index in [1.807, 2.05) is 12.1 Å². The molecule has 0 aliphatic heterocycles. The van der Waals surface area contributed by atoms with Gasteiger partial charge in [0, 0.05) is 21.5 Å². The molecule has 2 heteroatoms. The van der Waals surface area contributed by atoms with E-state index in [0.29, 0.717) is 0 Å². The number of hydrogen-bond acceptors (Lipinski definition) is 2. The molecule has 10 aromatic rings. The maximum absolute atomic E-state index is 6.46. The predicted molar refractivity (Wildman–Crippen MR) is 213 cm³/mol. The van der Waals surface area contributed by atoms with Gasteiger partial charge in [-0.05, 0) is 110 Å². The fraction of sp³-hybridized carbons (Fsp3) is 0.0417. The van der Waals surface area contributed by atoms with Crippen molar-refractivity contribution in [3.05, 3.63) is 163 Å². The smallest absolute Gasteiger partial charge is 0.136 e. The van der Waals surface area contributed by atoms with Crippen LogP contribution < -0.4 is 0 Å². The molecule has 10 rings (SSSR count). The monoisotopic (exact) mass is 640 g/mol. The SMILES string of the molecule is C/C=C\C=C(/C)c1ccc(-c2c3ccccc3c(-c3ccc4oc5cc6c(cc5c4c3)oc3ccccc36)c3ccccc23)c2ccccc12. The maximum Gasteiger partial charge on any atom is 0.136 e. The van der Waals surface area contributed by atoms with E-state index in [-0.39, 0.29) is 0 Å². The molecule has 0 unspecified atom stereocenters. The Morgan fingerprint density at radius 2 is 0.960 bits per heavy atom. The van der Waals surface area contributed by atoms with Crippen LogP contribution in [0.3, 0.4) is 0 Å². The van der Waals surface area contributed by atoms with Gasteiger partial charge in [0.15, 0.2) is 0 Å². The quantitative estimate of drug-likeness (QED) is 0.141. The lowest BCUT2D eigenvalue weighted by Gasteiger charge is -2.19. The summed E-state index contributed by atoms with van der Waals surface area (Å²) < 4.78 is 12.7. The largest absolute Gasteiger partial charge is 0.456 e. The van der Waals surface area contributed by atoms with Gasteiger partial charge in [-0.2, -0.15) is 0 Å². The van der Waals surface area contributed by atoms with E-state index in [1.165, 1.54) is 60.1 Å². The molecule has 2 heterocycles. The molecule has 0 N–H and O–H groups in total. The third-order valence-corrected chi connectivity index (χ3v) is 10.3.